The van der Waals surface area contributed by atoms with Gasteiger partial charge in [0.25, 0.3) is 0 Å². The van der Waals surface area contributed by atoms with Crippen molar-refractivity contribution in [2.24, 2.45) is 0 Å². The SMILES string of the molecule is CC1(C)O[C@@H]2C(c3ncn[nH]3)OC(n3cnc4c(NCC(c5ccccc5)c5ccccc5)nc(Cl)nc43)[C@@H]2O1. The van der Waals surface area contributed by atoms with Crippen LogP contribution in [0.3, 0.4) is 0 Å². The fourth-order valence-corrected chi connectivity index (χ4v) is 5.73. The fourth-order valence-electron chi connectivity index (χ4n) is 5.57. The van der Waals surface area contributed by atoms with Crippen LogP contribution in [-0.2, 0) is 14.2 Å². The van der Waals surface area contributed by atoms with Gasteiger partial charge in [0.1, 0.15) is 24.6 Å². The first-order valence-electron chi connectivity index (χ1n) is 13.1. The summed E-state index contributed by atoms with van der Waals surface area (Å²) in [6.45, 7) is 4.33. The molecule has 204 valence electrons. The van der Waals surface area contributed by atoms with E-state index in [9.17, 15) is 0 Å². The zero-order valence-electron chi connectivity index (χ0n) is 21.8. The number of rotatable bonds is 7. The molecule has 7 rings (SSSR count). The topological polar surface area (TPSA) is 125 Å². The molecule has 5 heterocycles. The first-order chi connectivity index (χ1) is 19.5. The number of benzene rings is 2. The number of halogens is 1. The molecule has 0 radical (unpaired) electrons. The molecule has 2 aliphatic heterocycles. The van der Waals surface area contributed by atoms with E-state index in [1.54, 1.807) is 6.33 Å². The van der Waals surface area contributed by atoms with E-state index < -0.39 is 30.3 Å². The number of hydrogen-bond donors (Lipinski definition) is 2. The summed E-state index contributed by atoms with van der Waals surface area (Å²) in [5, 5.41) is 10.5. The van der Waals surface area contributed by atoms with Gasteiger partial charge in [-0.15, -0.1) is 0 Å². The molecule has 12 heteroatoms. The van der Waals surface area contributed by atoms with E-state index in [1.165, 1.54) is 17.5 Å². The van der Waals surface area contributed by atoms with Gasteiger partial charge in [0.05, 0.1) is 6.33 Å². The van der Waals surface area contributed by atoms with Crippen molar-refractivity contribution in [2.45, 2.75) is 50.1 Å². The van der Waals surface area contributed by atoms with E-state index in [0.717, 1.165) is 0 Å². The molecule has 2 N–H and O–H groups in total. The second-order valence-corrected chi connectivity index (χ2v) is 10.6. The molecular weight excluding hydrogens is 532 g/mol. The normalized spacial score (nSPS) is 23.6. The van der Waals surface area contributed by atoms with E-state index in [4.69, 9.17) is 25.8 Å². The Labute approximate surface area is 234 Å². The lowest BCUT2D eigenvalue weighted by molar-refractivity contribution is -0.198. The average Bonchev–Trinajstić information content (AvgIpc) is 3.74. The first kappa shape index (κ1) is 25.1. The highest BCUT2D eigenvalue weighted by Crippen LogP contribution is 2.48. The minimum absolute atomic E-state index is 0.0844. The molecule has 40 heavy (non-hydrogen) atoms. The standard InChI is InChI=1S/C28H27ClN8O3/c1-28(2)39-20-21(24-31-14-33-36-24)38-26(22(20)40-28)37-15-32-19-23(34-27(29)35-25(19)37)30-13-18(16-9-5-3-6-10-16)17-11-7-4-8-12-17/h3-12,14-15,18,20-22,26H,13H2,1-2H3,(H,30,34,35)(H,31,33,36)/t20-,21?,22-,26?/m1/s1. The molecule has 0 amide bonds. The van der Waals surface area contributed by atoms with Crippen molar-refractivity contribution in [1.82, 2.24) is 34.7 Å². The van der Waals surface area contributed by atoms with Gasteiger partial charge >= 0.3 is 0 Å². The van der Waals surface area contributed by atoms with Gasteiger partial charge in [-0.2, -0.15) is 15.1 Å². The summed E-state index contributed by atoms with van der Waals surface area (Å²) in [5.74, 6) is 0.387. The van der Waals surface area contributed by atoms with Crippen LogP contribution >= 0.6 is 11.6 Å². The summed E-state index contributed by atoms with van der Waals surface area (Å²) in [6, 6.07) is 20.7. The van der Waals surface area contributed by atoms with E-state index in [0.29, 0.717) is 29.4 Å². The minimum atomic E-state index is -0.796. The highest BCUT2D eigenvalue weighted by Gasteiger charge is 2.57. The van der Waals surface area contributed by atoms with Crippen LogP contribution in [0.4, 0.5) is 5.82 Å². The largest absolute Gasteiger partial charge is 0.367 e. The number of imidazole rings is 1. The Morgan fingerprint density at radius 2 is 1.68 bits per heavy atom. The van der Waals surface area contributed by atoms with Crippen molar-refractivity contribution in [3.63, 3.8) is 0 Å². The zero-order valence-corrected chi connectivity index (χ0v) is 22.6. The van der Waals surface area contributed by atoms with Gasteiger partial charge in [-0.05, 0) is 36.6 Å². The summed E-state index contributed by atoms with van der Waals surface area (Å²) >= 11 is 6.45. The Balaban J connectivity index is 1.22. The summed E-state index contributed by atoms with van der Waals surface area (Å²) < 4.78 is 20.7. The summed E-state index contributed by atoms with van der Waals surface area (Å²) in [5.41, 5.74) is 3.47. The van der Waals surface area contributed by atoms with Gasteiger partial charge in [0, 0.05) is 12.5 Å². The van der Waals surface area contributed by atoms with Crippen molar-refractivity contribution in [2.75, 3.05) is 11.9 Å². The third-order valence-corrected chi connectivity index (χ3v) is 7.45. The highest BCUT2D eigenvalue weighted by atomic mass is 35.5. The van der Waals surface area contributed by atoms with Crippen molar-refractivity contribution in [1.29, 1.82) is 0 Å². The Kier molecular flexibility index (Phi) is 6.23. The van der Waals surface area contributed by atoms with Crippen molar-refractivity contribution in [3.8, 4) is 0 Å². The smallest absolute Gasteiger partial charge is 0.226 e. The highest BCUT2D eigenvalue weighted by molar-refractivity contribution is 6.28. The number of nitrogens with zero attached hydrogens (tertiary/aromatic N) is 6. The number of anilines is 1. The van der Waals surface area contributed by atoms with Crippen LogP contribution in [-0.4, -0.2) is 59.2 Å². The molecule has 0 bridgehead atoms. The lowest BCUT2D eigenvalue weighted by Crippen LogP contribution is -2.27. The maximum absolute atomic E-state index is 6.45. The number of hydrogen-bond acceptors (Lipinski definition) is 9. The van der Waals surface area contributed by atoms with E-state index >= 15 is 0 Å². The quantitative estimate of drug-likeness (QED) is 0.275. The van der Waals surface area contributed by atoms with Gasteiger partial charge < -0.3 is 19.5 Å². The maximum atomic E-state index is 6.45. The summed E-state index contributed by atoms with van der Waals surface area (Å²) in [6.07, 6.45) is 1.17. The number of fused-ring (bicyclic) bond motifs is 2. The van der Waals surface area contributed by atoms with Gasteiger partial charge in [-0.25, -0.2) is 9.97 Å². The second kappa shape index (κ2) is 9.93. The molecule has 4 atom stereocenters. The third kappa shape index (κ3) is 4.50. The predicted octanol–water partition coefficient (Wildman–Crippen LogP) is 4.63. The van der Waals surface area contributed by atoms with E-state index in [1.807, 2.05) is 54.8 Å². The van der Waals surface area contributed by atoms with Crippen LogP contribution in [0.5, 0.6) is 0 Å². The van der Waals surface area contributed by atoms with Crippen LogP contribution in [0.2, 0.25) is 5.28 Å². The summed E-state index contributed by atoms with van der Waals surface area (Å²) in [7, 11) is 0. The minimum Gasteiger partial charge on any atom is -0.367 e. The molecular formula is C28H27ClN8O3. The molecule has 2 aliphatic rings. The molecule has 11 nitrogen and oxygen atoms in total. The Hall–Kier alpha value is -3.90. The van der Waals surface area contributed by atoms with Crippen molar-refractivity contribution >= 4 is 28.6 Å². The number of aromatic nitrogens is 7. The average molecular weight is 559 g/mol. The molecule has 2 fully saturated rings. The van der Waals surface area contributed by atoms with Crippen molar-refractivity contribution < 1.29 is 14.2 Å². The van der Waals surface area contributed by atoms with Crippen LogP contribution in [0.25, 0.3) is 11.2 Å². The van der Waals surface area contributed by atoms with E-state index in [-0.39, 0.29) is 11.2 Å². The third-order valence-electron chi connectivity index (χ3n) is 7.28. The van der Waals surface area contributed by atoms with Gasteiger partial charge in [0.15, 0.2) is 34.8 Å². The monoisotopic (exact) mass is 558 g/mol. The zero-order chi connectivity index (χ0) is 27.3. The number of nitrogens with one attached hydrogen (secondary N) is 2. The van der Waals surface area contributed by atoms with Crippen LogP contribution < -0.4 is 5.32 Å². The van der Waals surface area contributed by atoms with Crippen molar-refractivity contribution in [3.05, 3.63) is 95.6 Å². The maximum Gasteiger partial charge on any atom is 0.226 e. The molecule has 0 spiro atoms. The molecule has 0 saturated carbocycles. The molecule has 2 saturated heterocycles. The molecule has 5 aromatic rings. The van der Waals surface area contributed by atoms with Gasteiger partial charge in [0.2, 0.25) is 5.28 Å². The van der Waals surface area contributed by atoms with E-state index in [2.05, 4.69) is 59.7 Å². The molecule has 2 unspecified atom stereocenters. The fraction of sp³-hybridized carbons (Fsp3) is 0.321. The molecule has 3 aromatic heterocycles. The Bertz CT molecular complexity index is 1570. The van der Waals surface area contributed by atoms with Crippen LogP contribution in [0, 0.1) is 0 Å². The van der Waals surface area contributed by atoms with Crippen LogP contribution in [0.15, 0.2) is 73.3 Å². The first-order valence-corrected chi connectivity index (χ1v) is 13.4. The number of aromatic amines is 1. The Morgan fingerprint density at radius 3 is 2.35 bits per heavy atom. The number of ether oxygens (including phenoxy) is 3. The predicted molar refractivity (Wildman–Crippen MR) is 147 cm³/mol. The summed E-state index contributed by atoms with van der Waals surface area (Å²) in [4.78, 5) is 18.0. The second-order valence-electron chi connectivity index (χ2n) is 10.3. The lowest BCUT2D eigenvalue weighted by atomic mass is 9.91. The van der Waals surface area contributed by atoms with Crippen LogP contribution in [0.1, 0.15) is 49.0 Å². The van der Waals surface area contributed by atoms with Gasteiger partial charge in [-0.3, -0.25) is 9.67 Å². The molecule has 2 aromatic carbocycles. The lowest BCUT2D eigenvalue weighted by Gasteiger charge is -2.24. The van der Waals surface area contributed by atoms with Gasteiger partial charge in [-0.1, -0.05) is 60.7 Å². The number of H-pyrrole nitrogens is 1. The Morgan fingerprint density at radius 1 is 0.975 bits per heavy atom. The molecule has 0 aliphatic carbocycles.